The van der Waals surface area contributed by atoms with Crippen molar-refractivity contribution in [1.29, 1.82) is 0 Å². The van der Waals surface area contributed by atoms with Gasteiger partial charge in [-0.1, -0.05) is 12.1 Å². The average molecular weight is 360 g/mol. The summed E-state index contributed by atoms with van der Waals surface area (Å²) in [4.78, 5) is 7.44. The molecule has 0 aliphatic heterocycles. The lowest BCUT2D eigenvalue weighted by Gasteiger charge is -2.23. The topological polar surface area (TPSA) is 40.1 Å². The number of alkyl halides is 3. The van der Waals surface area contributed by atoms with Gasteiger partial charge in [-0.3, -0.25) is 9.89 Å². The summed E-state index contributed by atoms with van der Waals surface area (Å²) in [6.45, 7) is 0.699. The number of methoxy groups -OCH3 is 1. The van der Waals surface area contributed by atoms with Crippen molar-refractivity contribution in [2.24, 2.45) is 4.99 Å². The predicted octanol–water partition coefficient (Wildman–Crippen LogP) is 2.59. The maximum Gasteiger partial charge on any atom is 0.401 e. The second kappa shape index (κ2) is 10.1. The minimum atomic E-state index is -4.16. The monoisotopic (exact) mass is 360 g/mol. The van der Waals surface area contributed by atoms with Crippen LogP contribution >= 0.6 is 0 Å². The SMILES string of the molecule is CN=C(NCCCN(C)CC(F)(F)F)N(C)Cc1ccc(OC)cc1. The van der Waals surface area contributed by atoms with Crippen LogP contribution in [0, 0.1) is 0 Å². The maximum absolute atomic E-state index is 12.3. The quantitative estimate of drug-likeness (QED) is 0.439. The van der Waals surface area contributed by atoms with E-state index in [2.05, 4.69) is 10.3 Å². The molecule has 0 aliphatic rings. The van der Waals surface area contributed by atoms with Gasteiger partial charge in [0.1, 0.15) is 5.75 Å². The van der Waals surface area contributed by atoms with Crippen molar-refractivity contribution >= 4 is 5.96 Å². The van der Waals surface area contributed by atoms with E-state index in [1.807, 2.05) is 36.2 Å². The van der Waals surface area contributed by atoms with Crippen LogP contribution in [0.4, 0.5) is 13.2 Å². The smallest absolute Gasteiger partial charge is 0.401 e. The molecule has 0 amide bonds. The Morgan fingerprint density at radius 1 is 1.20 bits per heavy atom. The molecule has 25 heavy (non-hydrogen) atoms. The number of nitrogens with zero attached hydrogens (tertiary/aromatic N) is 3. The van der Waals surface area contributed by atoms with Gasteiger partial charge in [0, 0.05) is 27.2 Å². The molecular weight excluding hydrogens is 333 g/mol. The number of nitrogens with one attached hydrogen (secondary N) is 1. The Balaban J connectivity index is 2.37. The summed E-state index contributed by atoms with van der Waals surface area (Å²) >= 11 is 0. The fraction of sp³-hybridized carbons (Fsp3) is 0.588. The van der Waals surface area contributed by atoms with Gasteiger partial charge in [0.25, 0.3) is 0 Å². The van der Waals surface area contributed by atoms with Crippen LogP contribution in [0.3, 0.4) is 0 Å². The summed E-state index contributed by atoms with van der Waals surface area (Å²) < 4.78 is 41.9. The molecule has 1 aromatic rings. The summed E-state index contributed by atoms with van der Waals surface area (Å²) in [5.41, 5.74) is 1.11. The first-order valence-corrected chi connectivity index (χ1v) is 8.05. The third-order valence-electron chi connectivity index (χ3n) is 3.60. The van der Waals surface area contributed by atoms with Gasteiger partial charge < -0.3 is 15.0 Å². The maximum atomic E-state index is 12.3. The molecule has 1 N–H and O–H groups in total. The molecule has 0 aliphatic carbocycles. The highest BCUT2D eigenvalue weighted by Gasteiger charge is 2.28. The number of guanidine groups is 1. The van der Waals surface area contributed by atoms with E-state index in [4.69, 9.17) is 4.74 Å². The number of halogens is 3. The number of hydrogen-bond acceptors (Lipinski definition) is 3. The van der Waals surface area contributed by atoms with Crippen molar-refractivity contribution in [2.45, 2.75) is 19.1 Å². The highest BCUT2D eigenvalue weighted by molar-refractivity contribution is 5.79. The lowest BCUT2D eigenvalue weighted by molar-refractivity contribution is -0.143. The van der Waals surface area contributed by atoms with Crippen LogP contribution in [-0.4, -0.2) is 69.8 Å². The summed E-state index contributed by atoms with van der Waals surface area (Å²) in [7, 11) is 6.69. The number of aliphatic imine (C=N–C) groups is 1. The first-order chi connectivity index (χ1) is 11.7. The summed E-state index contributed by atoms with van der Waals surface area (Å²) in [5, 5.41) is 3.17. The van der Waals surface area contributed by atoms with Gasteiger partial charge in [-0.25, -0.2) is 0 Å². The predicted molar refractivity (Wildman–Crippen MR) is 94.0 cm³/mol. The molecule has 0 spiro atoms. The third-order valence-corrected chi connectivity index (χ3v) is 3.60. The largest absolute Gasteiger partial charge is 0.497 e. The van der Waals surface area contributed by atoms with Crippen molar-refractivity contribution in [1.82, 2.24) is 15.1 Å². The van der Waals surface area contributed by atoms with Crippen LogP contribution in [-0.2, 0) is 6.54 Å². The molecule has 0 radical (unpaired) electrons. The summed E-state index contributed by atoms with van der Waals surface area (Å²) in [6.07, 6.45) is -3.56. The Hall–Kier alpha value is -1.96. The van der Waals surface area contributed by atoms with Crippen molar-refractivity contribution in [2.75, 3.05) is 47.9 Å². The van der Waals surface area contributed by atoms with E-state index >= 15 is 0 Å². The van der Waals surface area contributed by atoms with Gasteiger partial charge in [0.05, 0.1) is 13.7 Å². The standard InChI is InChI=1S/C17H27F3N4O/c1-21-16(22-10-5-11-23(2)13-17(18,19)20)24(3)12-14-6-8-15(25-4)9-7-14/h6-9H,5,10-13H2,1-4H3,(H,21,22). The number of ether oxygens (including phenoxy) is 1. The minimum absolute atomic E-state index is 0.367. The average Bonchev–Trinajstić information content (AvgIpc) is 2.53. The third kappa shape index (κ3) is 8.62. The number of benzene rings is 1. The van der Waals surface area contributed by atoms with E-state index in [0.29, 0.717) is 32.0 Å². The highest BCUT2D eigenvalue weighted by Crippen LogP contribution is 2.15. The zero-order chi connectivity index (χ0) is 18.9. The van der Waals surface area contributed by atoms with Gasteiger partial charge in [0.2, 0.25) is 0 Å². The summed E-state index contributed by atoms with van der Waals surface area (Å²) in [6, 6.07) is 7.76. The lowest BCUT2D eigenvalue weighted by Crippen LogP contribution is -2.40. The van der Waals surface area contributed by atoms with E-state index in [-0.39, 0.29) is 0 Å². The van der Waals surface area contributed by atoms with E-state index in [1.54, 1.807) is 14.2 Å². The van der Waals surface area contributed by atoms with Crippen LogP contribution in [0.15, 0.2) is 29.3 Å². The molecule has 0 bridgehead atoms. The van der Waals surface area contributed by atoms with E-state index in [0.717, 1.165) is 11.3 Å². The van der Waals surface area contributed by atoms with E-state index in [9.17, 15) is 13.2 Å². The Morgan fingerprint density at radius 3 is 2.36 bits per heavy atom. The molecule has 8 heteroatoms. The van der Waals surface area contributed by atoms with E-state index < -0.39 is 12.7 Å². The van der Waals surface area contributed by atoms with Crippen molar-refractivity contribution < 1.29 is 17.9 Å². The Bertz CT molecular complexity index is 532. The molecule has 1 rings (SSSR count). The molecule has 0 aromatic heterocycles. The Morgan fingerprint density at radius 2 is 1.84 bits per heavy atom. The summed E-state index contributed by atoms with van der Waals surface area (Å²) in [5.74, 6) is 1.51. The molecule has 0 atom stereocenters. The Labute approximate surface area is 147 Å². The van der Waals surface area contributed by atoms with E-state index in [1.165, 1.54) is 11.9 Å². The highest BCUT2D eigenvalue weighted by atomic mass is 19.4. The van der Waals surface area contributed by atoms with Crippen LogP contribution in [0.1, 0.15) is 12.0 Å². The second-order valence-electron chi connectivity index (χ2n) is 5.88. The fourth-order valence-electron chi connectivity index (χ4n) is 2.40. The lowest BCUT2D eigenvalue weighted by atomic mass is 10.2. The van der Waals surface area contributed by atoms with Crippen LogP contribution in [0.5, 0.6) is 5.75 Å². The molecule has 5 nitrogen and oxygen atoms in total. The first-order valence-electron chi connectivity index (χ1n) is 8.05. The number of rotatable bonds is 8. The molecule has 0 saturated heterocycles. The first kappa shape index (κ1) is 21.1. The van der Waals surface area contributed by atoms with Gasteiger partial charge in [0.15, 0.2) is 5.96 Å². The van der Waals surface area contributed by atoms with Crippen LogP contribution in [0.25, 0.3) is 0 Å². The molecule has 0 unspecified atom stereocenters. The molecule has 0 saturated carbocycles. The Kier molecular flexibility index (Phi) is 8.54. The zero-order valence-electron chi connectivity index (χ0n) is 15.2. The van der Waals surface area contributed by atoms with Crippen LogP contribution < -0.4 is 10.1 Å². The van der Waals surface area contributed by atoms with Gasteiger partial charge >= 0.3 is 6.18 Å². The molecule has 0 heterocycles. The van der Waals surface area contributed by atoms with Gasteiger partial charge in [-0.15, -0.1) is 0 Å². The van der Waals surface area contributed by atoms with Gasteiger partial charge in [-0.05, 0) is 37.7 Å². The normalized spacial score (nSPS) is 12.4. The zero-order valence-corrected chi connectivity index (χ0v) is 15.2. The van der Waals surface area contributed by atoms with Crippen molar-refractivity contribution in [3.05, 3.63) is 29.8 Å². The molecule has 0 fully saturated rings. The fourth-order valence-corrected chi connectivity index (χ4v) is 2.40. The molecular formula is C17H27F3N4O. The van der Waals surface area contributed by atoms with Crippen molar-refractivity contribution in [3.8, 4) is 5.75 Å². The minimum Gasteiger partial charge on any atom is -0.497 e. The number of hydrogen-bond donors (Lipinski definition) is 1. The second-order valence-corrected chi connectivity index (χ2v) is 5.88. The molecule has 142 valence electrons. The van der Waals surface area contributed by atoms with Crippen LogP contribution in [0.2, 0.25) is 0 Å². The van der Waals surface area contributed by atoms with Crippen molar-refractivity contribution in [3.63, 3.8) is 0 Å². The molecule has 1 aromatic carbocycles. The van der Waals surface area contributed by atoms with Gasteiger partial charge in [-0.2, -0.15) is 13.2 Å².